The first kappa shape index (κ1) is 36.6. The maximum atomic E-state index is 11.4. The maximum Gasteiger partial charge on any atom is 0.505 e. The van der Waals surface area contributed by atoms with E-state index in [-0.39, 0.29) is 37.6 Å². The van der Waals surface area contributed by atoms with Crippen LogP contribution in [0.5, 0.6) is 0 Å². The van der Waals surface area contributed by atoms with Crippen molar-refractivity contribution in [3.8, 4) is 0 Å². The Kier molecular flexibility index (Phi) is 18.9. The minimum Gasteiger partial charge on any atom is -0.459 e. The summed E-state index contributed by atoms with van der Waals surface area (Å²) in [6.45, 7) is 13.5. The van der Waals surface area contributed by atoms with Crippen molar-refractivity contribution in [2.24, 2.45) is 0 Å². The van der Waals surface area contributed by atoms with E-state index in [4.69, 9.17) is 39.2 Å². The largest absolute Gasteiger partial charge is 0.505 e. The molecule has 0 atom stereocenters. The van der Waals surface area contributed by atoms with Crippen molar-refractivity contribution in [3.63, 3.8) is 0 Å². The first-order valence-electron chi connectivity index (χ1n) is 11.6. The van der Waals surface area contributed by atoms with Crippen molar-refractivity contribution in [1.82, 2.24) is 0 Å². The summed E-state index contributed by atoms with van der Waals surface area (Å²) in [4.78, 5) is 62.6. The van der Waals surface area contributed by atoms with Crippen LogP contribution < -0.4 is 0 Å². The number of rotatable bonds is 16. The molecule has 0 aromatic heterocycles. The molecule has 0 saturated heterocycles. The van der Waals surface area contributed by atoms with Gasteiger partial charge in [-0.1, -0.05) is 13.8 Å². The fourth-order valence-electron chi connectivity index (χ4n) is 1.42. The fourth-order valence-corrected chi connectivity index (χ4v) is 1.42. The zero-order chi connectivity index (χ0) is 29.8. The third-order valence-electron chi connectivity index (χ3n) is 4.43. The van der Waals surface area contributed by atoms with E-state index in [1.165, 1.54) is 13.8 Å². The molecule has 0 unspecified atom stereocenters. The van der Waals surface area contributed by atoms with Crippen molar-refractivity contribution in [3.05, 3.63) is 23.7 Å². The summed E-state index contributed by atoms with van der Waals surface area (Å²) >= 11 is 0. The van der Waals surface area contributed by atoms with Gasteiger partial charge in [0.15, 0.2) is 0 Å². The summed E-state index contributed by atoms with van der Waals surface area (Å²) in [5.74, 6) is -1.27. The molecule has 2 N–H and O–H groups in total. The molecule has 0 rings (SSSR count). The third kappa shape index (κ3) is 21.7. The molecular weight excluding hydrogens is 512 g/mol. The standard InChI is InChI=1S/2C12H20O7/c2*1-5-12(3,4)19-18-8-9(2)10(13)16-6-7-17-11(14)15/h2*8H,5-7H2,1-4H3,(H,14,15). The molecule has 38 heavy (non-hydrogen) atoms. The van der Waals surface area contributed by atoms with Gasteiger partial charge in [-0.25, -0.2) is 19.2 Å². The van der Waals surface area contributed by atoms with Gasteiger partial charge >= 0.3 is 24.2 Å². The highest BCUT2D eigenvalue weighted by atomic mass is 17.2. The minimum atomic E-state index is -1.41. The van der Waals surface area contributed by atoms with Crippen LogP contribution in [-0.4, -0.2) is 72.1 Å². The van der Waals surface area contributed by atoms with Crippen molar-refractivity contribution in [2.45, 2.75) is 79.4 Å². The smallest absolute Gasteiger partial charge is 0.459 e. The zero-order valence-electron chi connectivity index (χ0n) is 23.2. The molecule has 14 heteroatoms. The van der Waals surface area contributed by atoms with Crippen LogP contribution >= 0.6 is 0 Å². The van der Waals surface area contributed by atoms with E-state index in [0.29, 0.717) is 0 Å². The number of hydrogen-bond acceptors (Lipinski definition) is 12. The van der Waals surface area contributed by atoms with Gasteiger partial charge in [0, 0.05) is 0 Å². The van der Waals surface area contributed by atoms with Gasteiger partial charge in [-0.2, -0.15) is 9.78 Å². The molecule has 0 aliphatic carbocycles. The van der Waals surface area contributed by atoms with Gasteiger partial charge in [0.25, 0.3) is 0 Å². The van der Waals surface area contributed by atoms with Gasteiger partial charge in [0.2, 0.25) is 0 Å². The third-order valence-corrected chi connectivity index (χ3v) is 4.43. The molecule has 0 aliphatic rings. The molecule has 0 fully saturated rings. The summed E-state index contributed by atoms with van der Waals surface area (Å²) in [6, 6.07) is 0. The lowest BCUT2D eigenvalue weighted by atomic mass is 10.1. The highest BCUT2D eigenvalue weighted by Gasteiger charge is 2.18. The van der Waals surface area contributed by atoms with Gasteiger partial charge < -0.3 is 38.9 Å². The van der Waals surface area contributed by atoms with Crippen molar-refractivity contribution >= 4 is 24.2 Å². The Balaban J connectivity index is 0. The number of ether oxygens (including phenoxy) is 4. The van der Waals surface area contributed by atoms with Crippen LogP contribution in [0.25, 0.3) is 0 Å². The second-order valence-corrected chi connectivity index (χ2v) is 8.69. The summed E-state index contributed by atoms with van der Waals surface area (Å²) in [5.41, 5.74) is -0.504. The van der Waals surface area contributed by atoms with Gasteiger partial charge in [-0.3, -0.25) is 0 Å². The van der Waals surface area contributed by atoms with Crippen LogP contribution in [0.15, 0.2) is 23.7 Å². The highest BCUT2D eigenvalue weighted by molar-refractivity contribution is 5.87. The van der Waals surface area contributed by atoms with Gasteiger partial charge in [-0.05, 0) is 54.4 Å². The van der Waals surface area contributed by atoms with E-state index in [1.54, 1.807) is 0 Å². The Hall–Kier alpha value is -3.52. The molecule has 0 radical (unpaired) electrons. The maximum absolute atomic E-state index is 11.4. The second-order valence-electron chi connectivity index (χ2n) is 8.69. The molecular formula is C24H40O14. The molecule has 220 valence electrons. The molecule has 0 saturated carbocycles. The van der Waals surface area contributed by atoms with E-state index >= 15 is 0 Å². The lowest BCUT2D eigenvalue weighted by molar-refractivity contribution is -0.317. The second kappa shape index (κ2) is 19.6. The van der Waals surface area contributed by atoms with Crippen molar-refractivity contribution < 1.29 is 67.9 Å². The molecule has 0 aromatic carbocycles. The number of carbonyl (C=O) groups excluding carboxylic acids is 2. The lowest BCUT2D eigenvalue weighted by Gasteiger charge is -2.20. The first-order valence-corrected chi connectivity index (χ1v) is 11.6. The van der Waals surface area contributed by atoms with Crippen molar-refractivity contribution in [2.75, 3.05) is 26.4 Å². The van der Waals surface area contributed by atoms with Crippen LogP contribution in [0.2, 0.25) is 0 Å². The summed E-state index contributed by atoms with van der Waals surface area (Å²) in [5, 5.41) is 16.4. The zero-order valence-corrected chi connectivity index (χ0v) is 23.2. The highest BCUT2D eigenvalue weighted by Crippen LogP contribution is 2.15. The topological polar surface area (TPSA) is 183 Å². The van der Waals surface area contributed by atoms with E-state index in [0.717, 1.165) is 25.4 Å². The Morgan fingerprint density at radius 3 is 1.16 bits per heavy atom. The first-order chi connectivity index (χ1) is 17.6. The number of carboxylic acid groups (broad SMARTS) is 2. The normalized spacial score (nSPS) is 11.9. The van der Waals surface area contributed by atoms with E-state index in [2.05, 4.69) is 9.47 Å². The van der Waals surface area contributed by atoms with Gasteiger partial charge in [0.05, 0.1) is 11.1 Å². The Bertz CT molecular complexity index is 732. The van der Waals surface area contributed by atoms with E-state index in [1.807, 2.05) is 41.5 Å². The quantitative estimate of drug-likeness (QED) is 0.0518. The van der Waals surface area contributed by atoms with Gasteiger partial charge in [-0.15, -0.1) is 0 Å². The van der Waals surface area contributed by atoms with Crippen LogP contribution in [0.4, 0.5) is 9.59 Å². The SMILES string of the molecule is CCC(C)(C)OOC=C(C)C(=O)OCCOC(=O)O.CCC(C)(C)OOC=C(C)C(=O)OCCOC(=O)O. The van der Waals surface area contributed by atoms with Crippen LogP contribution in [0.3, 0.4) is 0 Å². The lowest BCUT2D eigenvalue weighted by Crippen LogP contribution is -2.22. The molecule has 0 spiro atoms. The molecule has 0 heterocycles. The monoisotopic (exact) mass is 552 g/mol. The number of hydrogen-bond donors (Lipinski definition) is 2. The van der Waals surface area contributed by atoms with E-state index < -0.39 is 35.5 Å². The van der Waals surface area contributed by atoms with Crippen molar-refractivity contribution in [1.29, 1.82) is 0 Å². The minimum absolute atomic E-state index is 0.155. The van der Waals surface area contributed by atoms with Gasteiger partial charge in [0.1, 0.15) is 50.2 Å². The summed E-state index contributed by atoms with van der Waals surface area (Å²) in [7, 11) is 0. The predicted octanol–water partition coefficient (Wildman–Crippen LogP) is 4.53. The Labute approximate surface area is 222 Å². The number of carbonyl (C=O) groups is 4. The predicted molar refractivity (Wildman–Crippen MR) is 130 cm³/mol. The van der Waals surface area contributed by atoms with Crippen LogP contribution in [0.1, 0.15) is 68.2 Å². The van der Waals surface area contributed by atoms with Crippen LogP contribution in [-0.2, 0) is 48.1 Å². The van der Waals surface area contributed by atoms with Crippen LogP contribution in [0, 0.1) is 0 Å². The number of esters is 2. The Morgan fingerprint density at radius 1 is 0.605 bits per heavy atom. The summed E-state index contributed by atoms with van der Waals surface area (Å²) < 4.78 is 17.8. The summed E-state index contributed by atoms with van der Waals surface area (Å²) in [6.07, 6.45) is 0.937. The fraction of sp³-hybridized carbons (Fsp3) is 0.667. The Morgan fingerprint density at radius 2 is 0.895 bits per heavy atom. The van der Waals surface area contributed by atoms with E-state index in [9.17, 15) is 19.2 Å². The molecule has 14 nitrogen and oxygen atoms in total. The molecule has 0 amide bonds. The average molecular weight is 553 g/mol. The molecule has 0 aromatic rings. The molecule has 0 aliphatic heterocycles. The average Bonchev–Trinajstić information content (AvgIpc) is 2.84. The molecule has 0 bridgehead atoms.